The maximum Gasteiger partial charge on any atom is 0.270 e. The Morgan fingerprint density at radius 1 is 1.19 bits per heavy atom. The summed E-state index contributed by atoms with van der Waals surface area (Å²) in [5, 5.41) is 2.81. The van der Waals surface area contributed by atoms with Gasteiger partial charge in [-0.25, -0.2) is 9.97 Å². The number of carbonyl (C=O) groups excluding carboxylic acids is 1. The lowest BCUT2D eigenvalue weighted by atomic mass is 10.1. The summed E-state index contributed by atoms with van der Waals surface area (Å²) < 4.78 is 10.2. The molecule has 6 nitrogen and oxygen atoms in total. The molecule has 0 unspecified atom stereocenters. The Hall–Kier alpha value is -2.63. The van der Waals surface area contributed by atoms with Crippen LogP contribution in [-0.4, -0.2) is 36.6 Å². The van der Waals surface area contributed by atoms with Gasteiger partial charge in [0.1, 0.15) is 17.8 Å². The number of hydrogen-bond acceptors (Lipinski definition) is 5. The van der Waals surface area contributed by atoms with Gasteiger partial charge in [-0.15, -0.1) is 0 Å². The predicted molar refractivity (Wildman–Crippen MR) is 77.6 cm³/mol. The third-order valence-electron chi connectivity index (χ3n) is 2.96. The van der Waals surface area contributed by atoms with Gasteiger partial charge in [-0.1, -0.05) is 18.2 Å². The largest absolute Gasteiger partial charge is 0.496 e. The molecular formula is C15H17N3O3. The van der Waals surface area contributed by atoms with E-state index in [0.717, 1.165) is 11.3 Å². The number of para-hydroxylation sites is 1. The van der Waals surface area contributed by atoms with E-state index >= 15 is 0 Å². The topological polar surface area (TPSA) is 73.3 Å². The van der Waals surface area contributed by atoms with Crippen molar-refractivity contribution in [1.82, 2.24) is 15.3 Å². The van der Waals surface area contributed by atoms with Gasteiger partial charge >= 0.3 is 0 Å². The number of methoxy groups -OCH3 is 2. The molecule has 1 aromatic carbocycles. The van der Waals surface area contributed by atoms with Crippen LogP contribution in [0.5, 0.6) is 11.6 Å². The Morgan fingerprint density at radius 2 is 2.00 bits per heavy atom. The van der Waals surface area contributed by atoms with Crippen LogP contribution < -0.4 is 14.8 Å². The molecule has 0 aliphatic rings. The third-order valence-corrected chi connectivity index (χ3v) is 2.96. The fraction of sp³-hybridized carbons (Fsp3) is 0.267. The zero-order valence-electron chi connectivity index (χ0n) is 12.0. The minimum absolute atomic E-state index is 0.259. The highest BCUT2D eigenvalue weighted by atomic mass is 16.5. The van der Waals surface area contributed by atoms with Crippen molar-refractivity contribution >= 4 is 5.91 Å². The fourth-order valence-corrected chi connectivity index (χ4v) is 1.89. The third kappa shape index (κ3) is 3.92. The van der Waals surface area contributed by atoms with Crippen molar-refractivity contribution in [2.45, 2.75) is 6.42 Å². The number of benzene rings is 1. The number of carbonyl (C=O) groups is 1. The number of nitrogens with zero attached hydrogens (tertiary/aromatic N) is 2. The van der Waals surface area contributed by atoms with E-state index in [2.05, 4.69) is 15.3 Å². The van der Waals surface area contributed by atoms with Crippen LogP contribution in [0.1, 0.15) is 16.1 Å². The number of rotatable bonds is 6. The summed E-state index contributed by atoms with van der Waals surface area (Å²) in [5.74, 6) is 0.918. The van der Waals surface area contributed by atoms with Crippen LogP contribution >= 0.6 is 0 Å². The minimum Gasteiger partial charge on any atom is -0.496 e. The van der Waals surface area contributed by atoms with Crippen LogP contribution in [0.15, 0.2) is 36.7 Å². The Morgan fingerprint density at radius 3 is 2.76 bits per heavy atom. The van der Waals surface area contributed by atoms with Gasteiger partial charge in [-0.3, -0.25) is 4.79 Å². The molecule has 0 aliphatic heterocycles. The van der Waals surface area contributed by atoms with Crippen molar-refractivity contribution in [2.75, 3.05) is 20.8 Å². The number of nitrogens with one attached hydrogen (secondary N) is 1. The first-order chi connectivity index (χ1) is 10.2. The van der Waals surface area contributed by atoms with Gasteiger partial charge in [0.25, 0.3) is 5.91 Å². The second-order valence-electron chi connectivity index (χ2n) is 4.26. The first-order valence-corrected chi connectivity index (χ1v) is 6.50. The monoisotopic (exact) mass is 287 g/mol. The molecule has 0 spiro atoms. The Balaban J connectivity index is 1.92. The van der Waals surface area contributed by atoms with Gasteiger partial charge in [0.2, 0.25) is 5.88 Å². The summed E-state index contributed by atoms with van der Waals surface area (Å²) in [5.41, 5.74) is 1.32. The molecule has 110 valence electrons. The lowest BCUT2D eigenvalue weighted by Gasteiger charge is -2.09. The van der Waals surface area contributed by atoms with Gasteiger partial charge in [0.15, 0.2) is 0 Å². The van der Waals surface area contributed by atoms with Gasteiger partial charge in [-0.2, -0.15) is 0 Å². The van der Waals surface area contributed by atoms with Gasteiger partial charge in [0.05, 0.1) is 14.2 Å². The summed E-state index contributed by atoms with van der Waals surface area (Å²) in [4.78, 5) is 19.7. The predicted octanol–water partition coefficient (Wildman–Crippen LogP) is 1.47. The van der Waals surface area contributed by atoms with E-state index in [9.17, 15) is 4.79 Å². The molecule has 0 atom stereocenters. The molecule has 21 heavy (non-hydrogen) atoms. The molecule has 2 aromatic rings. The first-order valence-electron chi connectivity index (χ1n) is 6.50. The molecular weight excluding hydrogens is 270 g/mol. The molecule has 1 N–H and O–H groups in total. The van der Waals surface area contributed by atoms with Crippen LogP contribution in [0.4, 0.5) is 0 Å². The first kappa shape index (κ1) is 14.8. The second-order valence-corrected chi connectivity index (χ2v) is 4.26. The molecule has 0 radical (unpaired) electrons. The zero-order chi connectivity index (χ0) is 15.1. The van der Waals surface area contributed by atoms with Crippen molar-refractivity contribution in [1.29, 1.82) is 0 Å². The van der Waals surface area contributed by atoms with E-state index in [4.69, 9.17) is 9.47 Å². The maximum absolute atomic E-state index is 12.0. The van der Waals surface area contributed by atoms with Crippen molar-refractivity contribution in [3.63, 3.8) is 0 Å². The summed E-state index contributed by atoms with van der Waals surface area (Å²) in [6, 6.07) is 9.21. The maximum atomic E-state index is 12.0. The van der Waals surface area contributed by atoms with E-state index in [1.165, 1.54) is 19.5 Å². The van der Waals surface area contributed by atoms with Crippen LogP contribution in [0.3, 0.4) is 0 Å². The quantitative estimate of drug-likeness (QED) is 0.871. The summed E-state index contributed by atoms with van der Waals surface area (Å²) >= 11 is 0. The zero-order valence-corrected chi connectivity index (χ0v) is 12.0. The van der Waals surface area contributed by atoms with Crippen LogP contribution in [0, 0.1) is 0 Å². The SMILES string of the molecule is COc1cc(C(=O)NCCc2ccccc2OC)ncn1. The molecule has 0 aliphatic carbocycles. The molecule has 1 heterocycles. The number of aromatic nitrogens is 2. The van der Waals surface area contributed by atoms with E-state index in [1.54, 1.807) is 7.11 Å². The van der Waals surface area contributed by atoms with Gasteiger partial charge in [0, 0.05) is 12.6 Å². The van der Waals surface area contributed by atoms with Crippen molar-refractivity contribution in [3.05, 3.63) is 47.9 Å². The number of amides is 1. The van der Waals surface area contributed by atoms with Crippen molar-refractivity contribution < 1.29 is 14.3 Å². The standard InChI is InChI=1S/C15H17N3O3/c1-20-13-6-4-3-5-11(13)7-8-16-15(19)12-9-14(21-2)18-10-17-12/h3-6,9-10H,7-8H2,1-2H3,(H,16,19). The van der Waals surface area contributed by atoms with E-state index in [-0.39, 0.29) is 11.6 Å². The van der Waals surface area contributed by atoms with Crippen LogP contribution in [0.25, 0.3) is 0 Å². The second kappa shape index (κ2) is 7.23. The smallest absolute Gasteiger partial charge is 0.270 e. The lowest BCUT2D eigenvalue weighted by Crippen LogP contribution is -2.26. The Bertz CT molecular complexity index is 617. The van der Waals surface area contributed by atoms with E-state index in [0.29, 0.717) is 18.8 Å². The van der Waals surface area contributed by atoms with Crippen molar-refractivity contribution in [3.8, 4) is 11.6 Å². The number of ether oxygens (including phenoxy) is 2. The van der Waals surface area contributed by atoms with E-state index < -0.39 is 0 Å². The van der Waals surface area contributed by atoms with Gasteiger partial charge in [-0.05, 0) is 18.1 Å². The lowest BCUT2D eigenvalue weighted by molar-refractivity contribution is 0.0948. The Kier molecular flexibility index (Phi) is 5.09. The molecule has 2 rings (SSSR count). The van der Waals surface area contributed by atoms with Crippen LogP contribution in [0.2, 0.25) is 0 Å². The normalized spacial score (nSPS) is 10.0. The van der Waals surface area contributed by atoms with Crippen LogP contribution in [-0.2, 0) is 6.42 Å². The fourth-order valence-electron chi connectivity index (χ4n) is 1.89. The molecule has 1 amide bonds. The molecule has 0 saturated heterocycles. The molecule has 0 bridgehead atoms. The average molecular weight is 287 g/mol. The Labute approximate surface area is 123 Å². The summed E-state index contributed by atoms with van der Waals surface area (Å²) in [6.07, 6.45) is 1.98. The summed E-state index contributed by atoms with van der Waals surface area (Å²) in [6.45, 7) is 0.492. The van der Waals surface area contributed by atoms with Crippen molar-refractivity contribution in [2.24, 2.45) is 0 Å². The molecule has 0 saturated carbocycles. The van der Waals surface area contributed by atoms with Gasteiger partial charge < -0.3 is 14.8 Å². The molecule has 1 aromatic heterocycles. The highest BCUT2D eigenvalue weighted by Crippen LogP contribution is 2.17. The summed E-state index contributed by atoms with van der Waals surface area (Å²) in [7, 11) is 3.12. The highest BCUT2D eigenvalue weighted by molar-refractivity contribution is 5.92. The average Bonchev–Trinajstić information content (AvgIpc) is 2.55. The van der Waals surface area contributed by atoms with E-state index in [1.807, 2.05) is 24.3 Å². The number of hydrogen-bond donors (Lipinski definition) is 1. The highest BCUT2D eigenvalue weighted by Gasteiger charge is 2.09. The molecule has 6 heteroatoms. The molecule has 0 fully saturated rings. The minimum atomic E-state index is -0.259.